The fraction of sp³-hybridized carbons (Fsp3) is 0.167. The molecule has 0 fully saturated rings. The Balaban J connectivity index is 1.95. The Bertz CT molecular complexity index is 1080. The molecule has 2 heteroatoms. The van der Waals surface area contributed by atoms with Crippen molar-refractivity contribution in [3.8, 4) is 11.5 Å². The molecule has 0 atom stereocenters. The lowest BCUT2D eigenvalue weighted by Gasteiger charge is -2.14. The molecule has 0 spiro atoms. The summed E-state index contributed by atoms with van der Waals surface area (Å²) in [4.78, 5) is 0. The van der Waals surface area contributed by atoms with Crippen molar-refractivity contribution in [3.63, 3.8) is 0 Å². The smallest absolute Gasteiger partial charge is 0.161 e. The van der Waals surface area contributed by atoms with Crippen LogP contribution in [0.15, 0.2) is 66.7 Å². The largest absolute Gasteiger partial charge is 0.493 e. The highest BCUT2D eigenvalue weighted by Gasteiger charge is 2.12. The summed E-state index contributed by atoms with van der Waals surface area (Å²) in [5.74, 6) is 1.52. The molecule has 0 heterocycles. The average molecular weight is 342 g/mol. The van der Waals surface area contributed by atoms with Gasteiger partial charge in [-0.3, -0.25) is 0 Å². The van der Waals surface area contributed by atoms with Gasteiger partial charge in [-0.1, -0.05) is 60.2 Å². The van der Waals surface area contributed by atoms with Gasteiger partial charge in [-0.2, -0.15) is 0 Å². The predicted octanol–water partition coefficient (Wildman–Crippen LogP) is 5.91. The van der Waals surface area contributed by atoms with Crippen LogP contribution >= 0.6 is 0 Å². The first-order chi connectivity index (χ1) is 12.7. The Morgan fingerprint density at radius 3 is 2.04 bits per heavy atom. The zero-order valence-corrected chi connectivity index (χ0v) is 15.4. The third-order valence-electron chi connectivity index (χ3n) is 4.96. The van der Waals surface area contributed by atoms with Gasteiger partial charge in [-0.15, -0.1) is 0 Å². The van der Waals surface area contributed by atoms with E-state index in [0.29, 0.717) is 0 Å². The zero-order valence-electron chi connectivity index (χ0n) is 15.4. The monoisotopic (exact) mass is 342 g/mol. The van der Waals surface area contributed by atoms with Gasteiger partial charge in [0.2, 0.25) is 0 Å². The van der Waals surface area contributed by atoms with E-state index in [4.69, 9.17) is 9.47 Å². The molecule has 0 aliphatic heterocycles. The summed E-state index contributed by atoms with van der Waals surface area (Å²) < 4.78 is 11.0. The van der Waals surface area contributed by atoms with Gasteiger partial charge in [0, 0.05) is 0 Å². The van der Waals surface area contributed by atoms with Crippen molar-refractivity contribution in [3.05, 3.63) is 83.4 Å². The second-order valence-electron chi connectivity index (χ2n) is 6.67. The van der Waals surface area contributed by atoms with Gasteiger partial charge in [0.15, 0.2) is 11.5 Å². The van der Waals surface area contributed by atoms with E-state index >= 15 is 0 Å². The van der Waals surface area contributed by atoms with Crippen molar-refractivity contribution < 1.29 is 9.47 Å². The molecule has 2 nitrogen and oxygen atoms in total. The van der Waals surface area contributed by atoms with Gasteiger partial charge in [0.05, 0.1) is 14.2 Å². The van der Waals surface area contributed by atoms with Crippen LogP contribution in [0.4, 0.5) is 0 Å². The minimum absolute atomic E-state index is 0.761. The Morgan fingerprint density at radius 1 is 0.692 bits per heavy atom. The molecule has 0 aromatic heterocycles. The van der Waals surface area contributed by atoms with Crippen molar-refractivity contribution in [1.82, 2.24) is 0 Å². The van der Waals surface area contributed by atoms with E-state index in [-0.39, 0.29) is 0 Å². The first-order valence-corrected chi connectivity index (χ1v) is 8.81. The quantitative estimate of drug-likeness (QED) is 0.429. The van der Waals surface area contributed by atoms with Crippen molar-refractivity contribution >= 4 is 21.5 Å². The van der Waals surface area contributed by atoms with Crippen LogP contribution < -0.4 is 9.47 Å². The second-order valence-corrected chi connectivity index (χ2v) is 6.67. The zero-order chi connectivity index (χ0) is 18.1. The number of rotatable bonds is 4. The van der Waals surface area contributed by atoms with Crippen LogP contribution in [-0.2, 0) is 6.42 Å². The molecule has 0 aliphatic rings. The van der Waals surface area contributed by atoms with E-state index < -0.39 is 0 Å². The van der Waals surface area contributed by atoms with Gasteiger partial charge in [-0.05, 0) is 58.1 Å². The van der Waals surface area contributed by atoms with E-state index in [9.17, 15) is 0 Å². The third-order valence-corrected chi connectivity index (χ3v) is 4.96. The first kappa shape index (κ1) is 16.5. The maximum absolute atomic E-state index is 5.51. The highest BCUT2D eigenvalue weighted by molar-refractivity contribution is 6.10. The average Bonchev–Trinajstić information content (AvgIpc) is 2.69. The Hall–Kier alpha value is -3.00. The third kappa shape index (κ3) is 2.88. The lowest BCUT2D eigenvalue weighted by Crippen LogP contribution is -1.94. The van der Waals surface area contributed by atoms with E-state index in [1.807, 2.05) is 0 Å². The molecular weight excluding hydrogens is 320 g/mol. The lowest BCUT2D eigenvalue weighted by atomic mass is 9.93. The summed E-state index contributed by atoms with van der Waals surface area (Å²) in [5, 5.41) is 4.88. The Labute approximate surface area is 154 Å². The number of ether oxygens (including phenoxy) is 2. The molecule has 0 N–H and O–H groups in total. The number of hydrogen-bond donors (Lipinski definition) is 0. The molecule has 0 amide bonds. The van der Waals surface area contributed by atoms with Gasteiger partial charge in [0.1, 0.15) is 0 Å². The summed E-state index contributed by atoms with van der Waals surface area (Å²) in [5.41, 5.74) is 3.93. The van der Waals surface area contributed by atoms with Crippen LogP contribution in [0.3, 0.4) is 0 Å². The maximum atomic E-state index is 5.51. The highest BCUT2D eigenvalue weighted by Crippen LogP contribution is 2.37. The van der Waals surface area contributed by atoms with E-state index in [1.165, 1.54) is 38.2 Å². The van der Waals surface area contributed by atoms with Crippen LogP contribution in [0.2, 0.25) is 0 Å². The van der Waals surface area contributed by atoms with Crippen molar-refractivity contribution in [1.29, 1.82) is 0 Å². The van der Waals surface area contributed by atoms with Crippen LogP contribution in [0, 0.1) is 6.92 Å². The summed E-state index contributed by atoms with van der Waals surface area (Å²) in [7, 11) is 3.36. The summed E-state index contributed by atoms with van der Waals surface area (Å²) in [6.07, 6.45) is 0.908. The molecule has 26 heavy (non-hydrogen) atoms. The standard InChI is InChI=1S/C24H22O2/c1-16-8-10-17(11-9-16)12-18-13-19-14-23(25-2)24(26-3)15-22(19)21-7-5-4-6-20(18)21/h4-11,13-15H,12H2,1-3H3. The second kappa shape index (κ2) is 6.72. The molecule has 0 saturated carbocycles. The number of methoxy groups -OCH3 is 2. The van der Waals surface area contributed by atoms with Crippen molar-refractivity contribution in [2.24, 2.45) is 0 Å². The molecule has 0 unspecified atom stereocenters. The Morgan fingerprint density at radius 2 is 1.35 bits per heavy atom. The summed E-state index contributed by atoms with van der Waals surface area (Å²) in [6, 6.07) is 23.8. The molecule has 4 aromatic carbocycles. The normalized spacial score (nSPS) is 11.0. The number of aryl methyl sites for hydroxylation is 1. The van der Waals surface area contributed by atoms with Crippen molar-refractivity contribution in [2.75, 3.05) is 14.2 Å². The topological polar surface area (TPSA) is 18.5 Å². The Kier molecular flexibility index (Phi) is 4.26. The van der Waals surface area contributed by atoms with Gasteiger partial charge in [0.25, 0.3) is 0 Å². The number of hydrogen-bond acceptors (Lipinski definition) is 2. The minimum atomic E-state index is 0.761. The van der Waals surface area contributed by atoms with Crippen molar-refractivity contribution in [2.45, 2.75) is 13.3 Å². The summed E-state index contributed by atoms with van der Waals surface area (Å²) in [6.45, 7) is 2.12. The minimum Gasteiger partial charge on any atom is -0.493 e. The SMILES string of the molecule is COc1cc2cc(Cc3ccc(C)cc3)c3ccccc3c2cc1OC. The van der Waals surface area contributed by atoms with Crippen LogP contribution in [-0.4, -0.2) is 14.2 Å². The summed E-state index contributed by atoms with van der Waals surface area (Å²) >= 11 is 0. The molecule has 0 aliphatic carbocycles. The molecule has 4 aromatic rings. The van der Waals surface area contributed by atoms with E-state index in [1.54, 1.807) is 14.2 Å². The first-order valence-electron chi connectivity index (χ1n) is 8.81. The molecule has 0 saturated heterocycles. The fourth-order valence-corrected chi connectivity index (χ4v) is 3.58. The van der Waals surface area contributed by atoms with Crippen LogP contribution in [0.25, 0.3) is 21.5 Å². The predicted molar refractivity (Wildman–Crippen MR) is 109 cm³/mol. The van der Waals surface area contributed by atoms with Crippen LogP contribution in [0.1, 0.15) is 16.7 Å². The lowest BCUT2D eigenvalue weighted by molar-refractivity contribution is 0.356. The molecule has 0 radical (unpaired) electrons. The molecule has 0 bridgehead atoms. The van der Waals surface area contributed by atoms with E-state index in [2.05, 4.69) is 73.7 Å². The van der Waals surface area contributed by atoms with Gasteiger partial charge < -0.3 is 9.47 Å². The van der Waals surface area contributed by atoms with Gasteiger partial charge in [-0.25, -0.2) is 0 Å². The van der Waals surface area contributed by atoms with E-state index in [0.717, 1.165) is 17.9 Å². The maximum Gasteiger partial charge on any atom is 0.161 e. The highest BCUT2D eigenvalue weighted by atomic mass is 16.5. The fourth-order valence-electron chi connectivity index (χ4n) is 3.58. The van der Waals surface area contributed by atoms with Gasteiger partial charge >= 0.3 is 0 Å². The molecule has 130 valence electrons. The van der Waals surface area contributed by atoms with Crippen LogP contribution in [0.5, 0.6) is 11.5 Å². The number of benzene rings is 4. The number of fused-ring (bicyclic) bond motifs is 3. The molecule has 4 rings (SSSR count). The molecular formula is C24H22O2.